The minimum Gasteiger partial charge on any atom is -0.385 e. The number of rotatable bonds is 6. The third-order valence-electron chi connectivity index (χ3n) is 3.01. The van der Waals surface area contributed by atoms with Crippen molar-refractivity contribution in [1.29, 1.82) is 0 Å². The molecule has 19 heavy (non-hydrogen) atoms. The third kappa shape index (κ3) is 4.49. The van der Waals surface area contributed by atoms with Crippen LogP contribution in [0.3, 0.4) is 0 Å². The topological polar surface area (TPSA) is 47.3 Å². The molecule has 6 heteroatoms. The molecule has 0 spiro atoms. The van der Waals surface area contributed by atoms with Crippen LogP contribution in [0.15, 0.2) is 18.2 Å². The first-order chi connectivity index (χ1) is 8.90. The second-order valence-electron chi connectivity index (χ2n) is 4.42. The minimum atomic E-state index is -4.31. The van der Waals surface area contributed by atoms with Gasteiger partial charge in [-0.25, -0.2) is 0 Å². The molecule has 0 aromatic heterocycles. The van der Waals surface area contributed by atoms with E-state index in [2.05, 4.69) is 5.43 Å². The molecule has 1 atom stereocenters. The van der Waals surface area contributed by atoms with Crippen LogP contribution in [0.1, 0.15) is 35.6 Å². The van der Waals surface area contributed by atoms with Crippen molar-refractivity contribution in [2.24, 2.45) is 5.84 Å². The number of benzene rings is 1. The maximum Gasteiger partial charge on any atom is 0.416 e. The standard InChI is InChI=1S/C13H19F3N2O/c1-9-8-10(13(14,15)16)5-6-11(9)12(18-17)4-3-7-19-2/h5-6,8,12,18H,3-4,7,17H2,1-2H3. The Bertz CT molecular complexity index is 407. The van der Waals surface area contributed by atoms with Gasteiger partial charge in [0.05, 0.1) is 5.56 Å². The number of methoxy groups -OCH3 is 1. The molecule has 0 bridgehead atoms. The summed E-state index contributed by atoms with van der Waals surface area (Å²) in [6.07, 6.45) is -2.83. The second kappa shape index (κ2) is 6.88. The Morgan fingerprint density at radius 1 is 1.37 bits per heavy atom. The summed E-state index contributed by atoms with van der Waals surface area (Å²) in [6.45, 7) is 2.25. The smallest absolute Gasteiger partial charge is 0.385 e. The zero-order valence-corrected chi connectivity index (χ0v) is 11.1. The van der Waals surface area contributed by atoms with E-state index in [9.17, 15) is 13.2 Å². The highest BCUT2D eigenvalue weighted by atomic mass is 19.4. The molecule has 0 heterocycles. The van der Waals surface area contributed by atoms with Crippen LogP contribution in [0, 0.1) is 6.92 Å². The lowest BCUT2D eigenvalue weighted by Crippen LogP contribution is -2.29. The third-order valence-corrected chi connectivity index (χ3v) is 3.01. The summed E-state index contributed by atoms with van der Waals surface area (Å²) >= 11 is 0. The zero-order valence-electron chi connectivity index (χ0n) is 11.1. The first-order valence-electron chi connectivity index (χ1n) is 6.03. The quantitative estimate of drug-likeness (QED) is 0.477. The van der Waals surface area contributed by atoms with Crippen molar-refractivity contribution in [2.75, 3.05) is 13.7 Å². The summed E-state index contributed by atoms with van der Waals surface area (Å²) in [5.41, 5.74) is 3.36. The number of ether oxygens (including phenoxy) is 1. The van der Waals surface area contributed by atoms with E-state index >= 15 is 0 Å². The summed E-state index contributed by atoms with van der Waals surface area (Å²) in [6, 6.07) is 3.55. The number of halogens is 3. The van der Waals surface area contributed by atoms with Gasteiger partial charge in [-0.05, 0) is 43.0 Å². The van der Waals surface area contributed by atoms with Gasteiger partial charge in [0, 0.05) is 19.8 Å². The average molecular weight is 276 g/mol. The lowest BCUT2D eigenvalue weighted by Gasteiger charge is -2.19. The Labute approximate surface area is 110 Å². The summed E-state index contributed by atoms with van der Waals surface area (Å²) in [4.78, 5) is 0. The maximum atomic E-state index is 12.6. The molecule has 1 rings (SSSR count). The van der Waals surface area contributed by atoms with Gasteiger partial charge in [-0.15, -0.1) is 0 Å². The van der Waals surface area contributed by atoms with Crippen LogP contribution in [0.4, 0.5) is 13.2 Å². The van der Waals surface area contributed by atoms with Gasteiger partial charge in [0.15, 0.2) is 0 Å². The molecule has 3 nitrogen and oxygen atoms in total. The van der Waals surface area contributed by atoms with Gasteiger partial charge in [-0.2, -0.15) is 13.2 Å². The molecule has 0 saturated carbocycles. The first kappa shape index (κ1) is 15.9. The predicted octanol–water partition coefficient (Wildman–Crippen LogP) is 2.94. The van der Waals surface area contributed by atoms with E-state index in [-0.39, 0.29) is 6.04 Å². The van der Waals surface area contributed by atoms with Crippen molar-refractivity contribution < 1.29 is 17.9 Å². The molecule has 0 aliphatic carbocycles. The van der Waals surface area contributed by atoms with Crippen molar-refractivity contribution in [1.82, 2.24) is 5.43 Å². The molecular formula is C13H19F3N2O. The SMILES string of the molecule is COCCCC(NN)c1ccc(C(F)(F)F)cc1C. The van der Waals surface area contributed by atoms with Crippen molar-refractivity contribution in [3.63, 3.8) is 0 Å². The van der Waals surface area contributed by atoms with Crippen molar-refractivity contribution in [3.05, 3.63) is 34.9 Å². The molecule has 3 N–H and O–H groups in total. The van der Waals surface area contributed by atoms with Crippen LogP contribution in [0.5, 0.6) is 0 Å². The predicted molar refractivity (Wildman–Crippen MR) is 67.4 cm³/mol. The Kier molecular flexibility index (Phi) is 5.78. The molecule has 0 fully saturated rings. The van der Waals surface area contributed by atoms with E-state index in [4.69, 9.17) is 10.6 Å². The highest BCUT2D eigenvalue weighted by Crippen LogP contribution is 2.32. The molecule has 0 aliphatic rings. The van der Waals surface area contributed by atoms with Crippen molar-refractivity contribution >= 4 is 0 Å². The fourth-order valence-corrected chi connectivity index (χ4v) is 2.00. The fraction of sp³-hybridized carbons (Fsp3) is 0.538. The van der Waals surface area contributed by atoms with E-state index in [1.165, 1.54) is 6.07 Å². The normalized spacial score (nSPS) is 13.6. The van der Waals surface area contributed by atoms with E-state index < -0.39 is 11.7 Å². The molecule has 0 aliphatic heterocycles. The minimum absolute atomic E-state index is 0.169. The number of aryl methyl sites for hydroxylation is 1. The summed E-state index contributed by atoms with van der Waals surface area (Å²) in [7, 11) is 1.61. The lowest BCUT2D eigenvalue weighted by molar-refractivity contribution is -0.137. The van der Waals surface area contributed by atoms with Crippen molar-refractivity contribution in [2.45, 2.75) is 32.0 Å². The number of hydrogen-bond donors (Lipinski definition) is 2. The molecule has 1 unspecified atom stereocenters. The Morgan fingerprint density at radius 3 is 2.53 bits per heavy atom. The molecule has 0 amide bonds. The first-order valence-corrected chi connectivity index (χ1v) is 6.03. The van der Waals surface area contributed by atoms with E-state index in [0.29, 0.717) is 18.6 Å². The number of nitrogens with two attached hydrogens (primary N) is 1. The Balaban J connectivity index is 2.87. The van der Waals surface area contributed by atoms with Crippen LogP contribution in [0.25, 0.3) is 0 Å². The highest BCUT2D eigenvalue weighted by molar-refractivity contribution is 5.34. The highest BCUT2D eigenvalue weighted by Gasteiger charge is 2.31. The van der Waals surface area contributed by atoms with Gasteiger partial charge < -0.3 is 4.74 Å². The molecule has 108 valence electrons. The molecule has 1 aromatic rings. The summed E-state index contributed by atoms with van der Waals surface area (Å²) in [5, 5.41) is 0. The van der Waals surface area contributed by atoms with E-state index in [1.807, 2.05) is 0 Å². The van der Waals surface area contributed by atoms with Gasteiger partial charge in [0.2, 0.25) is 0 Å². The van der Waals surface area contributed by atoms with Crippen LogP contribution in [0.2, 0.25) is 0 Å². The van der Waals surface area contributed by atoms with Gasteiger partial charge >= 0.3 is 6.18 Å². The van der Waals surface area contributed by atoms with E-state index in [1.54, 1.807) is 14.0 Å². The molecule has 0 saturated heterocycles. The Hall–Kier alpha value is -1.11. The molecular weight excluding hydrogens is 257 g/mol. The number of hydrazine groups is 1. The van der Waals surface area contributed by atoms with Gasteiger partial charge in [-0.3, -0.25) is 11.3 Å². The Morgan fingerprint density at radius 2 is 2.05 bits per heavy atom. The van der Waals surface area contributed by atoms with Crippen LogP contribution < -0.4 is 11.3 Å². The van der Waals surface area contributed by atoms with Crippen molar-refractivity contribution in [3.8, 4) is 0 Å². The van der Waals surface area contributed by atoms with E-state index in [0.717, 1.165) is 24.1 Å². The van der Waals surface area contributed by atoms with Crippen LogP contribution >= 0.6 is 0 Å². The number of nitrogens with one attached hydrogen (secondary N) is 1. The largest absolute Gasteiger partial charge is 0.416 e. The van der Waals surface area contributed by atoms with Gasteiger partial charge in [0.25, 0.3) is 0 Å². The fourth-order valence-electron chi connectivity index (χ4n) is 2.00. The number of hydrogen-bond acceptors (Lipinski definition) is 3. The maximum absolute atomic E-state index is 12.6. The molecule has 0 radical (unpaired) electrons. The monoisotopic (exact) mass is 276 g/mol. The second-order valence-corrected chi connectivity index (χ2v) is 4.42. The zero-order chi connectivity index (χ0) is 14.5. The van der Waals surface area contributed by atoms with Crippen LogP contribution in [-0.4, -0.2) is 13.7 Å². The van der Waals surface area contributed by atoms with Gasteiger partial charge in [0.1, 0.15) is 0 Å². The van der Waals surface area contributed by atoms with Gasteiger partial charge in [-0.1, -0.05) is 6.07 Å². The average Bonchev–Trinajstić information content (AvgIpc) is 2.34. The molecule has 1 aromatic carbocycles. The number of alkyl halides is 3. The summed E-state index contributed by atoms with van der Waals surface area (Å²) < 4.78 is 42.7. The lowest BCUT2D eigenvalue weighted by atomic mass is 9.96. The van der Waals surface area contributed by atoms with Crippen LogP contribution in [-0.2, 0) is 10.9 Å². The summed E-state index contributed by atoms with van der Waals surface area (Å²) in [5.74, 6) is 5.47.